The van der Waals surface area contributed by atoms with Gasteiger partial charge in [-0.1, -0.05) is 53.6 Å². The van der Waals surface area contributed by atoms with E-state index < -0.39 is 28.5 Å². The van der Waals surface area contributed by atoms with Gasteiger partial charge in [0.25, 0.3) is 10.0 Å². The maximum atomic E-state index is 13.8. The Bertz CT molecular complexity index is 1360. The zero-order valence-electron chi connectivity index (χ0n) is 21.4. The number of carbonyl (C=O) groups excluding carboxylic acids is 2. The molecule has 7 nitrogen and oxygen atoms in total. The summed E-state index contributed by atoms with van der Waals surface area (Å²) in [5.74, 6) is -0.814. The maximum absolute atomic E-state index is 13.8. The van der Waals surface area contributed by atoms with Gasteiger partial charge in [-0.3, -0.25) is 13.9 Å². The van der Waals surface area contributed by atoms with Crippen LogP contribution >= 0.6 is 11.6 Å². The molecule has 37 heavy (non-hydrogen) atoms. The summed E-state index contributed by atoms with van der Waals surface area (Å²) in [5.41, 5.74) is 3.05. The fourth-order valence-electron chi connectivity index (χ4n) is 3.96. The van der Waals surface area contributed by atoms with Gasteiger partial charge in [0.05, 0.1) is 10.6 Å². The third kappa shape index (κ3) is 7.11. The van der Waals surface area contributed by atoms with Gasteiger partial charge in [0, 0.05) is 18.1 Å². The molecule has 0 aromatic heterocycles. The summed E-state index contributed by atoms with van der Waals surface area (Å²) in [6.07, 6.45) is 0. The van der Waals surface area contributed by atoms with Gasteiger partial charge < -0.3 is 10.2 Å². The first-order valence-electron chi connectivity index (χ1n) is 12.0. The minimum Gasteiger partial charge on any atom is -0.355 e. The number of benzene rings is 3. The van der Waals surface area contributed by atoms with Crippen LogP contribution in [0.2, 0.25) is 5.02 Å². The first-order chi connectivity index (χ1) is 17.5. The Morgan fingerprint density at radius 1 is 0.946 bits per heavy atom. The molecule has 196 valence electrons. The van der Waals surface area contributed by atoms with Crippen molar-refractivity contribution >= 4 is 39.1 Å². The van der Waals surface area contributed by atoms with Crippen LogP contribution in [0, 0.1) is 13.8 Å². The Labute approximate surface area is 224 Å². The molecule has 2 amide bonds. The fourth-order valence-corrected chi connectivity index (χ4v) is 5.49. The Balaban J connectivity index is 2.03. The van der Waals surface area contributed by atoms with E-state index in [1.165, 1.54) is 29.2 Å². The lowest BCUT2D eigenvalue weighted by Crippen LogP contribution is -2.51. The van der Waals surface area contributed by atoms with Crippen LogP contribution < -0.4 is 9.62 Å². The molecule has 9 heteroatoms. The molecule has 0 aliphatic rings. The van der Waals surface area contributed by atoms with Crippen LogP contribution in [0.25, 0.3) is 0 Å². The van der Waals surface area contributed by atoms with Crippen molar-refractivity contribution in [1.29, 1.82) is 0 Å². The maximum Gasteiger partial charge on any atom is 0.264 e. The number of likely N-dealkylation sites (N-methyl/N-ethyl adjacent to an activating group) is 1. The molecule has 0 heterocycles. The number of nitrogens with zero attached hydrogens (tertiary/aromatic N) is 2. The number of halogens is 1. The largest absolute Gasteiger partial charge is 0.355 e. The number of nitrogens with one attached hydrogen (secondary N) is 1. The van der Waals surface area contributed by atoms with Crippen LogP contribution in [0.1, 0.15) is 30.5 Å². The van der Waals surface area contributed by atoms with E-state index in [0.717, 1.165) is 21.0 Å². The molecule has 0 saturated carbocycles. The fraction of sp³-hybridized carbons (Fsp3) is 0.286. The minimum absolute atomic E-state index is 0.00761. The highest BCUT2D eigenvalue weighted by Crippen LogP contribution is 2.26. The minimum atomic E-state index is -4.13. The summed E-state index contributed by atoms with van der Waals surface area (Å²) in [6.45, 7) is 7.32. The standard InChI is InChI=1S/C28H32ClN3O4S/c1-5-30-28(34)22(4)31(18-23-10-6-8-20(2)16-23)27(33)19-32(25-11-7-9-21(3)17-25)37(35,36)26-14-12-24(29)13-15-26/h6-17,22H,5,18-19H2,1-4H3,(H,30,34)/t22-/m0/s1. The average molecular weight is 542 g/mol. The number of hydrogen-bond donors (Lipinski definition) is 1. The number of aryl methyl sites for hydroxylation is 2. The Morgan fingerprint density at radius 3 is 2.16 bits per heavy atom. The highest BCUT2D eigenvalue weighted by atomic mass is 35.5. The Morgan fingerprint density at radius 2 is 1.57 bits per heavy atom. The van der Waals surface area contributed by atoms with Crippen molar-refractivity contribution in [3.63, 3.8) is 0 Å². The molecule has 0 unspecified atom stereocenters. The van der Waals surface area contributed by atoms with E-state index in [0.29, 0.717) is 17.3 Å². The van der Waals surface area contributed by atoms with Crippen molar-refractivity contribution in [3.8, 4) is 0 Å². The molecule has 3 aromatic rings. The quantitative estimate of drug-likeness (QED) is 0.403. The summed E-state index contributed by atoms with van der Waals surface area (Å²) in [6, 6.07) is 19.6. The number of amides is 2. The van der Waals surface area contributed by atoms with Crippen LogP contribution in [0.15, 0.2) is 77.7 Å². The van der Waals surface area contributed by atoms with Crippen LogP contribution in [0.5, 0.6) is 0 Å². The first-order valence-corrected chi connectivity index (χ1v) is 13.8. The van der Waals surface area contributed by atoms with E-state index in [-0.39, 0.29) is 17.3 Å². The number of hydrogen-bond acceptors (Lipinski definition) is 4. The zero-order chi connectivity index (χ0) is 27.2. The van der Waals surface area contributed by atoms with E-state index in [2.05, 4.69) is 5.32 Å². The summed E-state index contributed by atoms with van der Waals surface area (Å²) in [5, 5.41) is 3.15. The summed E-state index contributed by atoms with van der Waals surface area (Å²) in [7, 11) is -4.13. The van der Waals surface area contributed by atoms with E-state index >= 15 is 0 Å². The SMILES string of the molecule is CCNC(=O)[C@H](C)N(Cc1cccc(C)c1)C(=O)CN(c1cccc(C)c1)S(=O)(=O)c1ccc(Cl)cc1. The van der Waals surface area contributed by atoms with Crippen LogP contribution in [0.3, 0.4) is 0 Å². The molecule has 3 aromatic carbocycles. The van der Waals surface area contributed by atoms with Gasteiger partial charge in [0.15, 0.2) is 0 Å². The zero-order valence-corrected chi connectivity index (χ0v) is 23.0. The van der Waals surface area contributed by atoms with E-state index in [1.807, 2.05) is 44.2 Å². The van der Waals surface area contributed by atoms with Crippen molar-refractivity contribution in [2.75, 3.05) is 17.4 Å². The third-order valence-corrected chi connectivity index (χ3v) is 7.96. The van der Waals surface area contributed by atoms with Crippen molar-refractivity contribution < 1.29 is 18.0 Å². The van der Waals surface area contributed by atoms with Crippen LogP contribution in [-0.2, 0) is 26.2 Å². The third-order valence-electron chi connectivity index (χ3n) is 5.92. The average Bonchev–Trinajstić information content (AvgIpc) is 2.85. The molecule has 1 atom stereocenters. The van der Waals surface area contributed by atoms with Gasteiger partial charge in [-0.05, 0) is 75.2 Å². The Hall–Kier alpha value is -3.36. The molecule has 0 fully saturated rings. The van der Waals surface area contributed by atoms with Crippen LogP contribution in [-0.4, -0.2) is 44.3 Å². The number of sulfonamides is 1. The van der Waals surface area contributed by atoms with Crippen molar-refractivity contribution in [2.24, 2.45) is 0 Å². The molecule has 0 aliphatic carbocycles. The first kappa shape index (κ1) is 28.2. The molecule has 1 N–H and O–H groups in total. The van der Waals surface area contributed by atoms with E-state index in [4.69, 9.17) is 11.6 Å². The molecular weight excluding hydrogens is 510 g/mol. The number of carbonyl (C=O) groups is 2. The van der Waals surface area contributed by atoms with Gasteiger partial charge in [-0.2, -0.15) is 0 Å². The van der Waals surface area contributed by atoms with Crippen molar-refractivity contribution in [3.05, 3.63) is 94.5 Å². The number of anilines is 1. The van der Waals surface area contributed by atoms with Gasteiger partial charge in [0.1, 0.15) is 12.6 Å². The predicted molar refractivity (Wildman–Crippen MR) is 147 cm³/mol. The Kier molecular flexibility index (Phi) is 9.34. The number of rotatable bonds is 10. The second-order valence-corrected chi connectivity index (χ2v) is 11.2. The second kappa shape index (κ2) is 12.3. The summed E-state index contributed by atoms with van der Waals surface area (Å²) in [4.78, 5) is 28.0. The summed E-state index contributed by atoms with van der Waals surface area (Å²) < 4.78 is 28.6. The monoisotopic (exact) mass is 541 g/mol. The normalized spacial score (nSPS) is 12.0. The van der Waals surface area contributed by atoms with Gasteiger partial charge in [0.2, 0.25) is 11.8 Å². The van der Waals surface area contributed by atoms with Crippen molar-refractivity contribution in [2.45, 2.75) is 45.2 Å². The molecule has 0 aliphatic heterocycles. The molecule has 0 bridgehead atoms. The lowest BCUT2D eigenvalue weighted by atomic mass is 10.1. The second-order valence-electron chi connectivity index (χ2n) is 8.89. The topological polar surface area (TPSA) is 86.8 Å². The molecule has 0 radical (unpaired) electrons. The highest BCUT2D eigenvalue weighted by molar-refractivity contribution is 7.92. The predicted octanol–water partition coefficient (Wildman–Crippen LogP) is 4.71. The van der Waals surface area contributed by atoms with E-state index in [9.17, 15) is 18.0 Å². The van der Waals surface area contributed by atoms with Gasteiger partial charge >= 0.3 is 0 Å². The highest BCUT2D eigenvalue weighted by Gasteiger charge is 2.32. The lowest BCUT2D eigenvalue weighted by Gasteiger charge is -2.32. The lowest BCUT2D eigenvalue weighted by molar-refractivity contribution is -0.139. The summed E-state index contributed by atoms with van der Waals surface area (Å²) >= 11 is 5.98. The van der Waals surface area contributed by atoms with Gasteiger partial charge in [-0.25, -0.2) is 8.42 Å². The molecule has 3 rings (SSSR count). The van der Waals surface area contributed by atoms with Gasteiger partial charge in [-0.15, -0.1) is 0 Å². The van der Waals surface area contributed by atoms with Crippen LogP contribution in [0.4, 0.5) is 5.69 Å². The van der Waals surface area contributed by atoms with Crippen molar-refractivity contribution in [1.82, 2.24) is 10.2 Å². The molecular formula is C28H32ClN3O4S. The van der Waals surface area contributed by atoms with E-state index in [1.54, 1.807) is 32.0 Å². The molecule has 0 saturated heterocycles. The molecule has 0 spiro atoms. The smallest absolute Gasteiger partial charge is 0.264 e.